The van der Waals surface area contributed by atoms with Crippen LogP contribution in [0, 0.1) is 12.8 Å². The molecule has 2 rings (SSSR count). The molecule has 0 unspecified atom stereocenters. The van der Waals surface area contributed by atoms with Crippen LogP contribution in [-0.2, 0) is 16.1 Å². The minimum absolute atomic E-state index is 0.0205. The highest BCUT2D eigenvalue weighted by atomic mass is 16.2. The number of nitrogens with zero attached hydrogens (tertiary/aromatic N) is 1. The topological polar surface area (TPSA) is 61.4 Å². The molecule has 0 aromatic heterocycles. The van der Waals surface area contributed by atoms with E-state index in [9.17, 15) is 9.59 Å². The van der Waals surface area contributed by atoms with Gasteiger partial charge < -0.3 is 15.5 Å². The predicted octanol–water partition coefficient (Wildman–Crippen LogP) is 2.24. The lowest BCUT2D eigenvalue weighted by atomic mass is 9.89. The van der Waals surface area contributed by atoms with E-state index in [0.717, 1.165) is 31.5 Å². The summed E-state index contributed by atoms with van der Waals surface area (Å²) in [6.45, 7) is 9.84. The Hall–Kier alpha value is -1.88. The highest BCUT2D eigenvalue weighted by Crippen LogP contribution is 2.21. The summed E-state index contributed by atoms with van der Waals surface area (Å²) in [7, 11) is 0. The van der Waals surface area contributed by atoms with Gasteiger partial charge in [0, 0.05) is 32.6 Å². The van der Waals surface area contributed by atoms with Gasteiger partial charge in [0.15, 0.2) is 0 Å². The second-order valence-corrected chi connectivity index (χ2v) is 7.06. The van der Waals surface area contributed by atoms with Crippen molar-refractivity contribution in [3.05, 3.63) is 35.4 Å². The minimum atomic E-state index is -0.244. The molecule has 5 heteroatoms. The monoisotopic (exact) mass is 345 g/mol. The third-order valence-electron chi connectivity index (χ3n) is 5.28. The molecule has 1 aliphatic heterocycles. The number of piperidine rings is 1. The van der Waals surface area contributed by atoms with Gasteiger partial charge in [-0.25, -0.2) is 0 Å². The van der Waals surface area contributed by atoms with Crippen LogP contribution in [0.15, 0.2) is 24.3 Å². The van der Waals surface area contributed by atoms with Crippen LogP contribution in [0.5, 0.6) is 0 Å². The summed E-state index contributed by atoms with van der Waals surface area (Å²) in [5.41, 5.74) is 2.33. The molecule has 1 fully saturated rings. The second-order valence-electron chi connectivity index (χ2n) is 7.06. The summed E-state index contributed by atoms with van der Waals surface area (Å²) in [6, 6.07) is 8.12. The molecule has 0 spiro atoms. The SMILES string of the molecule is CC[C@@H]1CN(C(C)=O)CC[C@@H]1N[C@H](C)C(=O)NCc1ccccc1C. The van der Waals surface area contributed by atoms with Crippen LogP contribution in [0.3, 0.4) is 0 Å². The molecule has 3 atom stereocenters. The van der Waals surface area contributed by atoms with Crippen LogP contribution in [0.25, 0.3) is 0 Å². The van der Waals surface area contributed by atoms with E-state index in [1.54, 1.807) is 6.92 Å². The number of nitrogens with one attached hydrogen (secondary N) is 2. The predicted molar refractivity (Wildman–Crippen MR) is 100 cm³/mol. The van der Waals surface area contributed by atoms with Crippen LogP contribution in [0.4, 0.5) is 0 Å². The number of amides is 2. The lowest BCUT2D eigenvalue weighted by Crippen LogP contribution is -2.55. The van der Waals surface area contributed by atoms with E-state index in [-0.39, 0.29) is 23.9 Å². The van der Waals surface area contributed by atoms with Crippen molar-refractivity contribution in [1.82, 2.24) is 15.5 Å². The van der Waals surface area contributed by atoms with E-state index in [1.165, 1.54) is 5.56 Å². The lowest BCUT2D eigenvalue weighted by molar-refractivity contribution is -0.131. The Morgan fingerprint density at radius 3 is 2.68 bits per heavy atom. The number of aryl methyl sites for hydroxylation is 1. The zero-order valence-corrected chi connectivity index (χ0v) is 15.8. The molecule has 1 saturated heterocycles. The normalized spacial score (nSPS) is 21.7. The molecule has 1 heterocycles. The fraction of sp³-hybridized carbons (Fsp3) is 0.600. The maximum atomic E-state index is 12.4. The van der Waals surface area contributed by atoms with Gasteiger partial charge in [0.05, 0.1) is 6.04 Å². The van der Waals surface area contributed by atoms with Crippen LogP contribution in [0.2, 0.25) is 0 Å². The first-order valence-electron chi connectivity index (χ1n) is 9.26. The Morgan fingerprint density at radius 1 is 1.32 bits per heavy atom. The van der Waals surface area contributed by atoms with Gasteiger partial charge in [-0.2, -0.15) is 0 Å². The summed E-state index contributed by atoms with van der Waals surface area (Å²) >= 11 is 0. The smallest absolute Gasteiger partial charge is 0.237 e. The average Bonchev–Trinajstić information content (AvgIpc) is 2.60. The maximum Gasteiger partial charge on any atom is 0.237 e. The molecule has 1 aliphatic rings. The van der Waals surface area contributed by atoms with E-state index in [0.29, 0.717) is 12.5 Å². The summed E-state index contributed by atoms with van der Waals surface area (Å²) in [5, 5.41) is 6.50. The van der Waals surface area contributed by atoms with Gasteiger partial charge in [-0.15, -0.1) is 0 Å². The summed E-state index contributed by atoms with van der Waals surface area (Å²) in [6.07, 6.45) is 1.90. The molecular weight excluding hydrogens is 314 g/mol. The zero-order chi connectivity index (χ0) is 18.4. The lowest BCUT2D eigenvalue weighted by Gasteiger charge is -2.39. The van der Waals surface area contributed by atoms with Crippen molar-refractivity contribution in [3.8, 4) is 0 Å². The van der Waals surface area contributed by atoms with E-state index >= 15 is 0 Å². The Bertz CT molecular complexity index is 602. The average molecular weight is 345 g/mol. The molecule has 138 valence electrons. The first kappa shape index (κ1) is 19.4. The molecule has 0 aliphatic carbocycles. The number of rotatable bonds is 6. The Balaban J connectivity index is 1.85. The van der Waals surface area contributed by atoms with Gasteiger partial charge in [-0.05, 0) is 37.3 Å². The standard InChI is InChI=1S/C20H31N3O2/c1-5-17-13-23(16(4)24)11-10-19(17)22-15(3)20(25)21-12-18-9-7-6-8-14(18)2/h6-9,15,17,19,22H,5,10-13H2,1-4H3,(H,21,25)/t15-,17-,19+/m1/s1. The van der Waals surface area contributed by atoms with Crippen LogP contribution < -0.4 is 10.6 Å². The number of carbonyl (C=O) groups excluding carboxylic acids is 2. The van der Waals surface area contributed by atoms with Crippen molar-refractivity contribution < 1.29 is 9.59 Å². The van der Waals surface area contributed by atoms with E-state index in [2.05, 4.69) is 30.5 Å². The maximum absolute atomic E-state index is 12.4. The van der Waals surface area contributed by atoms with Gasteiger partial charge >= 0.3 is 0 Å². The number of carbonyl (C=O) groups is 2. The van der Waals surface area contributed by atoms with Gasteiger partial charge in [0.2, 0.25) is 11.8 Å². The molecule has 0 bridgehead atoms. The molecular formula is C20H31N3O2. The molecule has 2 amide bonds. The first-order chi connectivity index (χ1) is 11.9. The number of hydrogen-bond donors (Lipinski definition) is 2. The molecule has 0 radical (unpaired) electrons. The molecule has 5 nitrogen and oxygen atoms in total. The van der Waals surface area contributed by atoms with Gasteiger partial charge in [-0.1, -0.05) is 37.6 Å². The fourth-order valence-electron chi connectivity index (χ4n) is 3.49. The van der Waals surface area contributed by atoms with Crippen molar-refractivity contribution in [2.24, 2.45) is 5.92 Å². The third-order valence-corrected chi connectivity index (χ3v) is 5.28. The van der Waals surface area contributed by atoms with Gasteiger partial charge in [0.25, 0.3) is 0 Å². The molecule has 1 aromatic rings. The van der Waals surface area contributed by atoms with Crippen LogP contribution in [-0.4, -0.2) is 41.9 Å². The Morgan fingerprint density at radius 2 is 2.04 bits per heavy atom. The van der Waals surface area contributed by atoms with Crippen molar-refractivity contribution in [2.45, 2.75) is 59.2 Å². The highest BCUT2D eigenvalue weighted by Gasteiger charge is 2.30. The highest BCUT2D eigenvalue weighted by molar-refractivity contribution is 5.81. The molecule has 2 N–H and O–H groups in total. The van der Waals surface area contributed by atoms with Gasteiger partial charge in [0.1, 0.15) is 0 Å². The minimum Gasteiger partial charge on any atom is -0.351 e. The molecule has 0 saturated carbocycles. The van der Waals surface area contributed by atoms with Crippen LogP contribution >= 0.6 is 0 Å². The zero-order valence-electron chi connectivity index (χ0n) is 15.8. The quantitative estimate of drug-likeness (QED) is 0.831. The summed E-state index contributed by atoms with van der Waals surface area (Å²) in [5.74, 6) is 0.553. The number of likely N-dealkylation sites (tertiary alicyclic amines) is 1. The molecule has 25 heavy (non-hydrogen) atoms. The first-order valence-corrected chi connectivity index (χ1v) is 9.26. The number of benzene rings is 1. The van der Waals surface area contributed by atoms with E-state index < -0.39 is 0 Å². The summed E-state index contributed by atoms with van der Waals surface area (Å²) in [4.78, 5) is 25.9. The van der Waals surface area contributed by atoms with E-state index in [1.807, 2.05) is 30.0 Å². The van der Waals surface area contributed by atoms with Gasteiger partial charge in [-0.3, -0.25) is 9.59 Å². The molecule has 1 aromatic carbocycles. The van der Waals surface area contributed by atoms with Crippen molar-refractivity contribution >= 4 is 11.8 Å². The Kier molecular flexibility index (Phi) is 7.00. The van der Waals surface area contributed by atoms with E-state index in [4.69, 9.17) is 0 Å². The number of hydrogen-bond acceptors (Lipinski definition) is 3. The van der Waals surface area contributed by atoms with Crippen LogP contribution in [0.1, 0.15) is 44.7 Å². The fourth-order valence-corrected chi connectivity index (χ4v) is 3.49. The van der Waals surface area contributed by atoms with Crippen molar-refractivity contribution in [3.63, 3.8) is 0 Å². The summed E-state index contributed by atoms with van der Waals surface area (Å²) < 4.78 is 0. The Labute approximate surface area is 151 Å². The third kappa shape index (κ3) is 5.30. The second kappa shape index (κ2) is 8.99. The van der Waals surface area contributed by atoms with Crippen molar-refractivity contribution in [1.29, 1.82) is 0 Å². The largest absolute Gasteiger partial charge is 0.351 e. The van der Waals surface area contributed by atoms with Crippen molar-refractivity contribution in [2.75, 3.05) is 13.1 Å².